The summed E-state index contributed by atoms with van der Waals surface area (Å²) in [5.74, 6) is -0.0664. The fourth-order valence-electron chi connectivity index (χ4n) is 1.68. The molecule has 5 heteroatoms. The molecule has 2 rings (SSSR count). The van der Waals surface area contributed by atoms with Gasteiger partial charge in [-0.1, -0.05) is 0 Å². The molecule has 2 heterocycles. The molecule has 1 saturated heterocycles. The molecule has 1 amide bonds. The van der Waals surface area contributed by atoms with Crippen LogP contribution < -0.4 is 0 Å². The van der Waals surface area contributed by atoms with Crippen LogP contribution in [0.5, 0.6) is 0 Å². The van der Waals surface area contributed by atoms with Gasteiger partial charge >= 0.3 is 0 Å². The van der Waals surface area contributed by atoms with Gasteiger partial charge in [-0.05, 0) is 13.8 Å². The Morgan fingerprint density at radius 2 is 2.31 bits per heavy atom. The fraction of sp³-hybridized carbons (Fsp3) is 0.545. The molecule has 0 aliphatic carbocycles. The van der Waals surface area contributed by atoms with E-state index in [-0.39, 0.29) is 11.9 Å². The predicted octanol–water partition coefficient (Wildman–Crippen LogP) is 0.646. The maximum Gasteiger partial charge on any atom is 0.274 e. The molecule has 0 bridgehead atoms. The van der Waals surface area contributed by atoms with Crippen LogP contribution in [0.3, 0.4) is 0 Å². The van der Waals surface area contributed by atoms with Crippen molar-refractivity contribution in [2.45, 2.75) is 19.9 Å². The lowest BCUT2D eigenvalue weighted by Crippen LogP contribution is -2.47. The van der Waals surface area contributed by atoms with Gasteiger partial charge in [0.05, 0.1) is 31.1 Å². The summed E-state index contributed by atoms with van der Waals surface area (Å²) < 4.78 is 5.29. The number of amides is 1. The van der Waals surface area contributed by atoms with Crippen LogP contribution in [0.4, 0.5) is 0 Å². The molecule has 0 aromatic carbocycles. The Kier molecular flexibility index (Phi) is 3.14. The van der Waals surface area contributed by atoms with Crippen LogP contribution in [0.2, 0.25) is 0 Å². The van der Waals surface area contributed by atoms with E-state index in [1.54, 1.807) is 11.1 Å². The van der Waals surface area contributed by atoms with Gasteiger partial charge < -0.3 is 9.64 Å². The summed E-state index contributed by atoms with van der Waals surface area (Å²) in [6.07, 6.45) is 3.14. The number of morpholine rings is 1. The highest BCUT2D eigenvalue weighted by molar-refractivity contribution is 5.92. The van der Waals surface area contributed by atoms with Crippen molar-refractivity contribution in [1.82, 2.24) is 14.9 Å². The normalized spacial score (nSPS) is 20.9. The zero-order valence-corrected chi connectivity index (χ0v) is 9.51. The van der Waals surface area contributed by atoms with Crippen molar-refractivity contribution in [2.24, 2.45) is 0 Å². The number of aryl methyl sites for hydroxylation is 1. The lowest BCUT2D eigenvalue weighted by atomic mass is 10.2. The average molecular weight is 221 g/mol. The van der Waals surface area contributed by atoms with E-state index in [4.69, 9.17) is 4.74 Å². The van der Waals surface area contributed by atoms with Crippen LogP contribution in [0.15, 0.2) is 12.4 Å². The van der Waals surface area contributed by atoms with Gasteiger partial charge in [-0.2, -0.15) is 0 Å². The van der Waals surface area contributed by atoms with Crippen LogP contribution >= 0.6 is 0 Å². The number of hydrogen-bond acceptors (Lipinski definition) is 4. The van der Waals surface area contributed by atoms with Gasteiger partial charge in [0, 0.05) is 12.7 Å². The number of rotatable bonds is 1. The summed E-state index contributed by atoms with van der Waals surface area (Å²) in [6.45, 7) is 5.62. The molecular formula is C11H15N3O2. The highest BCUT2D eigenvalue weighted by Gasteiger charge is 2.25. The third kappa shape index (κ3) is 2.19. The Bertz CT molecular complexity index is 377. The van der Waals surface area contributed by atoms with Gasteiger partial charge in [0.1, 0.15) is 5.69 Å². The average Bonchev–Trinajstić information content (AvgIpc) is 2.30. The quantitative estimate of drug-likeness (QED) is 0.698. The Balaban J connectivity index is 2.14. The number of ether oxygens (including phenoxy) is 1. The van der Waals surface area contributed by atoms with Gasteiger partial charge in [0.25, 0.3) is 5.91 Å². The van der Waals surface area contributed by atoms with Crippen molar-refractivity contribution >= 4 is 5.91 Å². The van der Waals surface area contributed by atoms with Crippen LogP contribution in [0, 0.1) is 6.92 Å². The second-order valence-electron chi connectivity index (χ2n) is 3.97. The summed E-state index contributed by atoms with van der Waals surface area (Å²) in [5, 5.41) is 0. The molecule has 1 aliphatic rings. The molecule has 0 radical (unpaired) electrons. The minimum Gasteiger partial charge on any atom is -0.377 e. The highest BCUT2D eigenvalue weighted by atomic mass is 16.5. The Morgan fingerprint density at radius 1 is 1.50 bits per heavy atom. The van der Waals surface area contributed by atoms with Gasteiger partial charge in [0.15, 0.2) is 0 Å². The summed E-state index contributed by atoms with van der Waals surface area (Å²) >= 11 is 0. The van der Waals surface area contributed by atoms with Crippen LogP contribution in [-0.2, 0) is 4.74 Å². The molecule has 1 aromatic heterocycles. The van der Waals surface area contributed by atoms with E-state index >= 15 is 0 Å². The summed E-state index contributed by atoms with van der Waals surface area (Å²) in [7, 11) is 0. The van der Waals surface area contributed by atoms with Crippen molar-refractivity contribution in [3.8, 4) is 0 Å². The van der Waals surface area contributed by atoms with Crippen molar-refractivity contribution in [1.29, 1.82) is 0 Å². The van der Waals surface area contributed by atoms with Gasteiger partial charge in [-0.3, -0.25) is 9.78 Å². The minimum absolute atomic E-state index is 0.0664. The summed E-state index contributed by atoms with van der Waals surface area (Å²) in [4.78, 5) is 22.0. The first-order valence-electron chi connectivity index (χ1n) is 5.36. The largest absolute Gasteiger partial charge is 0.377 e. The van der Waals surface area contributed by atoms with Crippen molar-refractivity contribution < 1.29 is 9.53 Å². The van der Waals surface area contributed by atoms with E-state index in [1.807, 2.05) is 13.8 Å². The molecule has 5 nitrogen and oxygen atoms in total. The molecule has 0 spiro atoms. The zero-order valence-electron chi connectivity index (χ0n) is 9.51. The Labute approximate surface area is 94.5 Å². The maximum absolute atomic E-state index is 12.1. The molecule has 0 saturated carbocycles. The van der Waals surface area contributed by atoms with E-state index in [0.717, 1.165) is 5.69 Å². The monoisotopic (exact) mass is 221 g/mol. The van der Waals surface area contributed by atoms with E-state index in [2.05, 4.69) is 9.97 Å². The van der Waals surface area contributed by atoms with Gasteiger partial charge in [-0.25, -0.2) is 4.98 Å². The van der Waals surface area contributed by atoms with Crippen LogP contribution in [0.1, 0.15) is 23.1 Å². The van der Waals surface area contributed by atoms with Crippen LogP contribution in [0.25, 0.3) is 0 Å². The Morgan fingerprint density at radius 3 is 2.94 bits per heavy atom. The third-order valence-corrected chi connectivity index (χ3v) is 2.63. The third-order valence-electron chi connectivity index (χ3n) is 2.63. The molecule has 1 aromatic rings. The standard InChI is InChI=1S/C11H15N3O2/c1-8-5-13-10(6-12-8)11(15)14-3-4-16-7-9(14)2/h5-6,9H,3-4,7H2,1-2H3/t9-/m1/s1. The maximum atomic E-state index is 12.1. The summed E-state index contributed by atoms with van der Waals surface area (Å²) in [6, 6.07) is 0.101. The zero-order chi connectivity index (χ0) is 11.5. The van der Waals surface area contributed by atoms with Gasteiger partial charge in [-0.15, -0.1) is 0 Å². The molecule has 1 atom stereocenters. The minimum atomic E-state index is -0.0664. The van der Waals surface area contributed by atoms with Crippen molar-refractivity contribution in [3.63, 3.8) is 0 Å². The Hall–Kier alpha value is -1.49. The number of aromatic nitrogens is 2. The fourth-order valence-corrected chi connectivity index (χ4v) is 1.68. The lowest BCUT2D eigenvalue weighted by molar-refractivity contribution is 0.00324. The van der Waals surface area contributed by atoms with Crippen molar-refractivity contribution in [3.05, 3.63) is 23.8 Å². The first-order chi connectivity index (χ1) is 7.68. The number of carbonyl (C=O) groups is 1. The van der Waals surface area contributed by atoms with E-state index in [0.29, 0.717) is 25.5 Å². The number of nitrogens with zero attached hydrogens (tertiary/aromatic N) is 3. The molecule has 0 N–H and O–H groups in total. The first kappa shape index (κ1) is 11.0. The molecule has 86 valence electrons. The highest BCUT2D eigenvalue weighted by Crippen LogP contribution is 2.10. The molecule has 0 unspecified atom stereocenters. The molecular weight excluding hydrogens is 206 g/mol. The number of hydrogen-bond donors (Lipinski definition) is 0. The van der Waals surface area contributed by atoms with E-state index in [1.165, 1.54) is 6.20 Å². The number of carbonyl (C=O) groups excluding carboxylic acids is 1. The molecule has 16 heavy (non-hydrogen) atoms. The molecule has 1 fully saturated rings. The smallest absolute Gasteiger partial charge is 0.274 e. The van der Waals surface area contributed by atoms with Crippen molar-refractivity contribution in [2.75, 3.05) is 19.8 Å². The molecule has 1 aliphatic heterocycles. The first-order valence-corrected chi connectivity index (χ1v) is 5.36. The van der Waals surface area contributed by atoms with Crippen LogP contribution in [-0.4, -0.2) is 46.6 Å². The lowest BCUT2D eigenvalue weighted by Gasteiger charge is -2.32. The van der Waals surface area contributed by atoms with Gasteiger partial charge in [0.2, 0.25) is 0 Å². The second-order valence-corrected chi connectivity index (χ2v) is 3.97. The SMILES string of the molecule is Cc1cnc(C(=O)N2CCOC[C@H]2C)cn1. The topological polar surface area (TPSA) is 55.3 Å². The van der Waals surface area contributed by atoms with E-state index in [9.17, 15) is 4.79 Å². The van der Waals surface area contributed by atoms with E-state index < -0.39 is 0 Å². The predicted molar refractivity (Wildman–Crippen MR) is 58.1 cm³/mol. The summed E-state index contributed by atoms with van der Waals surface area (Å²) in [5.41, 5.74) is 1.21. The second kappa shape index (κ2) is 4.57.